The fraction of sp³-hybridized carbons (Fsp3) is 0.412. The highest BCUT2D eigenvalue weighted by atomic mass is 16.1. The molecule has 0 saturated carbocycles. The van der Waals surface area contributed by atoms with Crippen molar-refractivity contribution in [2.24, 2.45) is 0 Å². The summed E-state index contributed by atoms with van der Waals surface area (Å²) in [6.07, 6.45) is 2.12. The molecule has 2 N–H and O–H groups in total. The second-order valence-electron chi connectivity index (χ2n) is 5.92. The van der Waals surface area contributed by atoms with E-state index in [1.165, 1.54) is 11.6 Å². The molecule has 1 aliphatic rings. The third-order valence-electron chi connectivity index (χ3n) is 4.05. The predicted octanol–water partition coefficient (Wildman–Crippen LogP) is 2.15. The van der Waals surface area contributed by atoms with Crippen LogP contribution in [-0.2, 0) is 6.54 Å². The number of aromatic nitrogens is 2. The van der Waals surface area contributed by atoms with Crippen molar-refractivity contribution >= 4 is 5.95 Å². The number of nitrogens with one attached hydrogen (secondary N) is 2. The molecule has 0 unspecified atom stereocenters. The van der Waals surface area contributed by atoms with Crippen LogP contribution in [0.1, 0.15) is 24.1 Å². The first kappa shape index (κ1) is 14.8. The van der Waals surface area contributed by atoms with Crippen molar-refractivity contribution in [3.05, 3.63) is 58.0 Å². The van der Waals surface area contributed by atoms with E-state index in [1.807, 2.05) is 6.92 Å². The molecule has 0 spiro atoms. The Morgan fingerprint density at radius 3 is 2.68 bits per heavy atom. The molecule has 22 heavy (non-hydrogen) atoms. The van der Waals surface area contributed by atoms with E-state index in [4.69, 9.17) is 0 Å². The van der Waals surface area contributed by atoms with Crippen molar-refractivity contribution in [2.45, 2.75) is 32.4 Å². The van der Waals surface area contributed by atoms with Gasteiger partial charge in [-0.3, -0.25) is 14.7 Å². The van der Waals surface area contributed by atoms with Gasteiger partial charge in [-0.2, -0.15) is 0 Å². The molecule has 0 radical (unpaired) electrons. The first-order valence-corrected chi connectivity index (χ1v) is 7.80. The van der Waals surface area contributed by atoms with Gasteiger partial charge < -0.3 is 5.32 Å². The molecule has 3 rings (SSSR count). The maximum atomic E-state index is 11.5. The molecule has 0 amide bonds. The second kappa shape index (κ2) is 6.75. The van der Waals surface area contributed by atoms with Crippen LogP contribution in [0.5, 0.6) is 0 Å². The minimum atomic E-state index is -0.100. The van der Waals surface area contributed by atoms with E-state index in [1.54, 1.807) is 0 Å². The van der Waals surface area contributed by atoms with Crippen LogP contribution in [0.3, 0.4) is 0 Å². The minimum absolute atomic E-state index is 0.100. The Morgan fingerprint density at radius 2 is 2.00 bits per heavy atom. The van der Waals surface area contributed by atoms with Crippen molar-refractivity contribution in [2.75, 3.05) is 18.4 Å². The summed E-state index contributed by atoms with van der Waals surface area (Å²) in [5, 5.41) is 3.35. The van der Waals surface area contributed by atoms with E-state index in [2.05, 4.69) is 50.5 Å². The van der Waals surface area contributed by atoms with E-state index in [0.29, 0.717) is 12.0 Å². The maximum absolute atomic E-state index is 11.5. The van der Waals surface area contributed by atoms with Crippen LogP contribution in [0.15, 0.2) is 41.2 Å². The number of aromatic amines is 1. The summed E-state index contributed by atoms with van der Waals surface area (Å²) in [4.78, 5) is 21.0. The van der Waals surface area contributed by atoms with Gasteiger partial charge in [0.1, 0.15) is 0 Å². The number of piperidine rings is 1. The Balaban J connectivity index is 1.52. The largest absolute Gasteiger partial charge is 0.353 e. The Hall–Kier alpha value is -2.14. The zero-order valence-electron chi connectivity index (χ0n) is 12.9. The van der Waals surface area contributed by atoms with Crippen molar-refractivity contribution < 1.29 is 0 Å². The molecule has 1 saturated heterocycles. The molecule has 2 heterocycles. The first-order chi connectivity index (χ1) is 10.7. The van der Waals surface area contributed by atoms with Gasteiger partial charge in [0.05, 0.1) is 0 Å². The Kier molecular flexibility index (Phi) is 4.53. The zero-order valence-corrected chi connectivity index (χ0v) is 12.9. The molecule has 1 aromatic carbocycles. The van der Waals surface area contributed by atoms with Crippen LogP contribution in [0.25, 0.3) is 0 Å². The van der Waals surface area contributed by atoms with Crippen LogP contribution < -0.4 is 10.9 Å². The van der Waals surface area contributed by atoms with Gasteiger partial charge in [0.25, 0.3) is 5.56 Å². The van der Waals surface area contributed by atoms with Crippen LogP contribution in [0, 0.1) is 6.92 Å². The molecular weight excluding hydrogens is 276 g/mol. The van der Waals surface area contributed by atoms with Crippen molar-refractivity contribution in [3.63, 3.8) is 0 Å². The number of likely N-dealkylation sites (tertiary alicyclic amines) is 1. The summed E-state index contributed by atoms with van der Waals surface area (Å²) in [6.45, 7) is 4.96. The SMILES string of the molecule is Cc1cc(=O)[nH]c(NC2CCN(Cc3ccccc3)CC2)n1. The summed E-state index contributed by atoms with van der Waals surface area (Å²) < 4.78 is 0. The van der Waals surface area contributed by atoms with Crippen LogP contribution in [-0.4, -0.2) is 34.0 Å². The lowest BCUT2D eigenvalue weighted by Crippen LogP contribution is -2.39. The topological polar surface area (TPSA) is 61.0 Å². The number of hydrogen-bond donors (Lipinski definition) is 2. The third kappa shape index (κ3) is 3.95. The Bertz CT molecular complexity index is 660. The van der Waals surface area contributed by atoms with Crippen LogP contribution in [0.4, 0.5) is 5.95 Å². The smallest absolute Gasteiger partial charge is 0.252 e. The number of benzene rings is 1. The highest BCUT2D eigenvalue weighted by molar-refractivity contribution is 5.26. The van der Waals surface area contributed by atoms with Crippen LogP contribution >= 0.6 is 0 Å². The van der Waals surface area contributed by atoms with Gasteiger partial charge in [-0.1, -0.05) is 30.3 Å². The summed E-state index contributed by atoms with van der Waals surface area (Å²) >= 11 is 0. The highest BCUT2D eigenvalue weighted by Gasteiger charge is 2.19. The average Bonchev–Trinajstić information content (AvgIpc) is 2.49. The minimum Gasteiger partial charge on any atom is -0.353 e. The summed E-state index contributed by atoms with van der Waals surface area (Å²) in [5.41, 5.74) is 2.00. The molecule has 116 valence electrons. The lowest BCUT2D eigenvalue weighted by molar-refractivity contribution is 0.211. The summed E-state index contributed by atoms with van der Waals surface area (Å²) in [5.74, 6) is 0.589. The van der Waals surface area contributed by atoms with Gasteiger partial charge in [0.2, 0.25) is 5.95 Å². The van der Waals surface area contributed by atoms with Gasteiger partial charge in [-0.15, -0.1) is 0 Å². The molecule has 5 heteroatoms. The van der Waals surface area contributed by atoms with E-state index < -0.39 is 0 Å². The number of nitrogens with zero attached hydrogens (tertiary/aromatic N) is 2. The van der Waals surface area contributed by atoms with Gasteiger partial charge in [0.15, 0.2) is 0 Å². The van der Waals surface area contributed by atoms with Crippen molar-refractivity contribution in [3.8, 4) is 0 Å². The zero-order chi connectivity index (χ0) is 15.4. The number of rotatable bonds is 4. The molecule has 2 aromatic rings. The average molecular weight is 298 g/mol. The highest BCUT2D eigenvalue weighted by Crippen LogP contribution is 2.16. The van der Waals surface area contributed by atoms with Crippen molar-refractivity contribution in [1.29, 1.82) is 0 Å². The Morgan fingerprint density at radius 1 is 1.27 bits per heavy atom. The molecule has 5 nitrogen and oxygen atoms in total. The lowest BCUT2D eigenvalue weighted by atomic mass is 10.0. The number of aryl methyl sites for hydroxylation is 1. The van der Waals surface area contributed by atoms with E-state index in [9.17, 15) is 4.79 Å². The summed E-state index contributed by atoms with van der Waals surface area (Å²) in [6, 6.07) is 12.4. The molecule has 1 aliphatic heterocycles. The quantitative estimate of drug-likeness (QED) is 0.908. The fourth-order valence-electron chi connectivity index (χ4n) is 2.92. The molecule has 0 atom stereocenters. The van der Waals surface area contributed by atoms with E-state index in [0.717, 1.165) is 38.2 Å². The third-order valence-corrected chi connectivity index (χ3v) is 4.05. The Labute approximate surface area is 130 Å². The molecule has 1 fully saturated rings. The van der Waals surface area contributed by atoms with Gasteiger partial charge >= 0.3 is 0 Å². The second-order valence-corrected chi connectivity index (χ2v) is 5.92. The number of H-pyrrole nitrogens is 1. The predicted molar refractivity (Wildman–Crippen MR) is 88.0 cm³/mol. The molecule has 0 bridgehead atoms. The van der Waals surface area contributed by atoms with Crippen LogP contribution in [0.2, 0.25) is 0 Å². The van der Waals surface area contributed by atoms with E-state index >= 15 is 0 Å². The first-order valence-electron chi connectivity index (χ1n) is 7.80. The van der Waals surface area contributed by atoms with Gasteiger partial charge in [-0.25, -0.2) is 4.98 Å². The summed E-state index contributed by atoms with van der Waals surface area (Å²) in [7, 11) is 0. The standard InChI is InChI=1S/C17H22N4O/c1-13-11-16(22)20-17(18-13)19-15-7-9-21(10-8-15)12-14-5-3-2-4-6-14/h2-6,11,15H,7-10,12H2,1H3,(H2,18,19,20,22). The normalized spacial score (nSPS) is 16.6. The molecule has 1 aromatic heterocycles. The van der Waals surface area contributed by atoms with Crippen molar-refractivity contribution in [1.82, 2.24) is 14.9 Å². The molecule has 0 aliphatic carbocycles. The maximum Gasteiger partial charge on any atom is 0.252 e. The van der Waals surface area contributed by atoms with Gasteiger partial charge in [0, 0.05) is 37.4 Å². The fourth-order valence-corrected chi connectivity index (χ4v) is 2.92. The monoisotopic (exact) mass is 298 g/mol. The number of anilines is 1. The van der Waals surface area contributed by atoms with Gasteiger partial charge in [-0.05, 0) is 25.3 Å². The molecular formula is C17H22N4O. The number of hydrogen-bond acceptors (Lipinski definition) is 4. The van der Waals surface area contributed by atoms with E-state index in [-0.39, 0.29) is 5.56 Å². The lowest BCUT2D eigenvalue weighted by Gasteiger charge is -2.32.